The maximum absolute atomic E-state index is 12.3. The summed E-state index contributed by atoms with van der Waals surface area (Å²) in [6.07, 6.45) is -4.34. The summed E-state index contributed by atoms with van der Waals surface area (Å²) in [6, 6.07) is 4.34. The quantitative estimate of drug-likeness (QED) is 0.876. The van der Waals surface area contributed by atoms with Gasteiger partial charge in [0.2, 0.25) is 10.0 Å². The van der Waals surface area contributed by atoms with E-state index in [4.69, 9.17) is 5.14 Å². The molecule has 0 spiro atoms. The fraction of sp³-hybridized carbons (Fsp3) is 0.333. The molecule has 0 aliphatic rings. The smallest absolute Gasteiger partial charge is 0.225 e. The van der Waals surface area contributed by atoms with Crippen molar-refractivity contribution in [1.82, 2.24) is 0 Å². The number of primary sulfonamides is 1. The summed E-state index contributed by atoms with van der Waals surface area (Å²) in [5.41, 5.74) is -0.0000926. The van der Waals surface area contributed by atoms with Crippen LogP contribution in [0, 0.1) is 0 Å². The van der Waals surface area contributed by atoms with Crippen LogP contribution in [0.3, 0.4) is 0 Å². The van der Waals surface area contributed by atoms with Crippen LogP contribution in [-0.4, -0.2) is 14.6 Å². The molecule has 3 nitrogen and oxygen atoms in total. The first-order valence-corrected chi connectivity index (χ1v) is 5.86. The molecule has 0 aliphatic carbocycles. The second-order valence-electron chi connectivity index (χ2n) is 3.38. The highest BCUT2D eigenvalue weighted by molar-refractivity contribution is 7.89. The third kappa shape index (κ3) is 2.96. The molecule has 0 fully saturated rings. The Morgan fingerprint density at radius 3 is 1.94 bits per heavy atom. The maximum atomic E-state index is 12.3. The second-order valence-corrected chi connectivity index (χ2v) is 4.94. The number of nitrogens with two attached hydrogens (primary N) is 1. The van der Waals surface area contributed by atoms with E-state index >= 15 is 0 Å². The molecule has 0 saturated carbocycles. The van der Waals surface area contributed by atoms with Crippen molar-refractivity contribution in [2.24, 2.45) is 5.14 Å². The van der Waals surface area contributed by atoms with Gasteiger partial charge in [0.1, 0.15) is 0 Å². The topological polar surface area (TPSA) is 60.2 Å². The molecule has 1 aromatic rings. The first kappa shape index (κ1) is 13.0. The van der Waals surface area contributed by atoms with Crippen molar-refractivity contribution in [3.05, 3.63) is 29.8 Å². The minimum absolute atomic E-state index is 0.0000926. The number of alkyl halides is 3. The van der Waals surface area contributed by atoms with Gasteiger partial charge in [-0.15, -0.1) is 0 Å². The lowest BCUT2D eigenvalue weighted by atomic mass is 10.0. The second kappa shape index (κ2) is 4.06. The number of sulfonamides is 1. The number of hydrogen-bond acceptors (Lipinski definition) is 2. The summed E-state index contributed by atoms with van der Waals surface area (Å²) in [4.78, 5) is -0.203. The molecular weight excluding hydrogens is 243 g/mol. The fourth-order valence-corrected chi connectivity index (χ4v) is 1.65. The molecule has 0 aromatic heterocycles. The van der Waals surface area contributed by atoms with E-state index in [1.807, 2.05) is 0 Å². The number of hydrogen-bond donors (Lipinski definition) is 1. The molecule has 0 bridgehead atoms. The van der Waals surface area contributed by atoms with Gasteiger partial charge in [-0.3, -0.25) is 0 Å². The van der Waals surface area contributed by atoms with Crippen LogP contribution in [0.1, 0.15) is 18.4 Å². The van der Waals surface area contributed by atoms with E-state index in [1.165, 1.54) is 0 Å². The van der Waals surface area contributed by atoms with Gasteiger partial charge in [0.25, 0.3) is 0 Å². The molecule has 0 radical (unpaired) electrons. The zero-order valence-corrected chi connectivity index (χ0v) is 9.14. The van der Waals surface area contributed by atoms with Crippen LogP contribution in [0.2, 0.25) is 0 Å². The van der Waals surface area contributed by atoms with Gasteiger partial charge in [-0.25, -0.2) is 13.6 Å². The SMILES string of the molecule is CC(c1ccc(S(N)(=O)=O)cc1)C(F)(F)F. The monoisotopic (exact) mass is 253 g/mol. The van der Waals surface area contributed by atoms with E-state index in [2.05, 4.69) is 0 Å². The summed E-state index contributed by atoms with van der Waals surface area (Å²) in [5, 5.41) is 4.82. The Balaban J connectivity index is 3.05. The molecule has 7 heteroatoms. The molecular formula is C9H10F3NO2S. The van der Waals surface area contributed by atoms with E-state index in [9.17, 15) is 21.6 Å². The third-order valence-electron chi connectivity index (χ3n) is 2.20. The molecule has 0 heterocycles. The molecule has 90 valence electrons. The molecule has 0 saturated heterocycles. The maximum Gasteiger partial charge on any atom is 0.395 e. The highest BCUT2D eigenvalue weighted by Crippen LogP contribution is 2.34. The first-order chi connectivity index (χ1) is 7.12. The van der Waals surface area contributed by atoms with Crippen LogP contribution < -0.4 is 5.14 Å². The molecule has 1 unspecified atom stereocenters. The largest absolute Gasteiger partial charge is 0.395 e. The van der Waals surface area contributed by atoms with Crippen LogP contribution in [0.4, 0.5) is 13.2 Å². The Kier molecular flexibility index (Phi) is 3.30. The van der Waals surface area contributed by atoms with Crippen LogP contribution >= 0.6 is 0 Å². The first-order valence-electron chi connectivity index (χ1n) is 4.32. The summed E-state index contributed by atoms with van der Waals surface area (Å²) < 4.78 is 58.7. The van der Waals surface area contributed by atoms with Crippen LogP contribution in [-0.2, 0) is 10.0 Å². The van der Waals surface area contributed by atoms with E-state index in [0.29, 0.717) is 0 Å². The Morgan fingerprint density at radius 2 is 1.62 bits per heavy atom. The van der Waals surface area contributed by atoms with Gasteiger partial charge in [0.15, 0.2) is 0 Å². The Bertz CT molecular complexity index is 465. The number of halogens is 3. The highest BCUT2D eigenvalue weighted by Gasteiger charge is 2.36. The van der Waals surface area contributed by atoms with Crippen molar-refractivity contribution >= 4 is 10.0 Å². The van der Waals surface area contributed by atoms with Crippen molar-refractivity contribution in [3.63, 3.8) is 0 Å². The van der Waals surface area contributed by atoms with Crippen molar-refractivity contribution in [1.29, 1.82) is 0 Å². The standard InChI is InChI=1S/C9H10F3NO2S/c1-6(9(10,11)12)7-2-4-8(5-3-7)16(13,14)15/h2-6H,1H3,(H2,13,14,15). The molecule has 16 heavy (non-hydrogen) atoms. The van der Waals surface area contributed by atoms with Crippen molar-refractivity contribution in [2.45, 2.75) is 23.9 Å². The van der Waals surface area contributed by atoms with Gasteiger partial charge in [-0.05, 0) is 24.6 Å². The van der Waals surface area contributed by atoms with E-state index in [0.717, 1.165) is 31.2 Å². The van der Waals surface area contributed by atoms with Crippen LogP contribution in [0.15, 0.2) is 29.2 Å². The van der Waals surface area contributed by atoms with E-state index in [1.54, 1.807) is 0 Å². The van der Waals surface area contributed by atoms with Crippen molar-refractivity contribution in [3.8, 4) is 0 Å². The summed E-state index contributed by atoms with van der Waals surface area (Å²) >= 11 is 0. The molecule has 1 aromatic carbocycles. The number of rotatable bonds is 2. The molecule has 1 rings (SSSR count). The lowest BCUT2D eigenvalue weighted by Crippen LogP contribution is -2.18. The van der Waals surface area contributed by atoms with Crippen molar-refractivity contribution in [2.75, 3.05) is 0 Å². The zero-order valence-electron chi connectivity index (χ0n) is 8.32. The Labute approximate surface area is 91.1 Å². The zero-order chi connectivity index (χ0) is 12.6. The molecule has 2 N–H and O–H groups in total. The van der Waals surface area contributed by atoms with Gasteiger partial charge in [0.05, 0.1) is 10.8 Å². The van der Waals surface area contributed by atoms with Gasteiger partial charge in [-0.1, -0.05) is 12.1 Å². The van der Waals surface area contributed by atoms with Gasteiger partial charge < -0.3 is 0 Å². The predicted molar refractivity (Wildman–Crippen MR) is 52.3 cm³/mol. The number of benzene rings is 1. The summed E-state index contributed by atoms with van der Waals surface area (Å²) in [5.74, 6) is -1.64. The lowest BCUT2D eigenvalue weighted by molar-refractivity contribution is -0.146. The Hall–Kier alpha value is -1.08. The minimum atomic E-state index is -4.34. The van der Waals surface area contributed by atoms with E-state index in [-0.39, 0.29) is 10.5 Å². The van der Waals surface area contributed by atoms with Crippen LogP contribution in [0.25, 0.3) is 0 Å². The fourth-order valence-electron chi connectivity index (χ4n) is 1.14. The van der Waals surface area contributed by atoms with Crippen LogP contribution in [0.5, 0.6) is 0 Å². The van der Waals surface area contributed by atoms with Gasteiger partial charge in [-0.2, -0.15) is 13.2 Å². The Morgan fingerprint density at radius 1 is 1.19 bits per heavy atom. The molecule has 1 atom stereocenters. The lowest BCUT2D eigenvalue weighted by Gasteiger charge is -2.15. The molecule has 0 aliphatic heterocycles. The van der Waals surface area contributed by atoms with Gasteiger partial charge in [0, 0.05) is 0 Å². The predicted octanol–water partition coefficient (Wildman–Crippen LogP) is 2.00. The third-order valence-corrected chi connectivity index (χ3v) is 3.13. The van der Waals surface area contributed by atoms with Crippen molar-refractivity contribution < 1.29 is 21.6 Å². The average molecular weight is 253 g/mol. The minimum Gasteiger partial charge on any atom is -0.225 e. The summed E-state index contributed by atoms with van der Waals surface area (Å²) in [6.45, 7) is 1.01. The normalized spacial score (nSPS) is 14.8. The van der Waals surface area contributed by atoms with E-state index < -0.39 is 22.1 Å². The molecule has 0 amide bonds. The van der Waals surface area contributed by atoms with Gasteiger partial charge >= 0.3 is 6.18 Å². The average Bonchev–Trinajstić information content (AvgIpc) is 2.14. The highest BCUT2D eigenvalue weighted by atomic mass is 32.2. The summed E-state index contributed by atoms with van der Waals surface area (Å²) in [7, 11) is -3.86.